The van der Waals surface area contributed by atoms with Crippen LogP contribution in [-0.4, -0.2) is 54.9 Å². The average molecular weight is 474 g/mol. The lowest BCUT2D eigenvalue weighted by atomic mass is 10.1. The van der Waals surface area contributed by atoms with E-state index in [-0.39, 0.29) is 17.3 Å². The maximum Gasteiger partial charge on any atom is 0.292 e. The van der Waals surface area contributed by atoms with E-state index in [1.54, 1.807) is 0 Å². The van der Waals surface area contributed by atoms with E-state index in [0.29, 0.717) is 18.0 Å². The molecule has 156 valence electrons. The van der Waals surface area contributed by atoms with Crippen LogP contribution in [0.3, 0.4) is 0 Å². The summed E-state index contributed by atoms with van der Waals surface area (Å²) in [4.78, 5) is 15.3. The number of rotatable bonds is 6. The molecule has 3 aromatic rings. The van der Waals surface area contributed by atoms with Gasteiger partial charge in [0.1, 0.15) is 5.69 Å². The van der Waals surface area contributed by atoms with Crippen LogP contribution in [0.2, 0.25) is 0 Å². The van der Waals surface area contributed by atoms with Crippen LogP contribution in [0.4, 0.5) is 5.82 Å². The molecule has 1 amide bonds. The summed E-state index contributed by atoms with van der Waals surface area (Å²) in [6.45, 7) is 4.19. The molecule has 2 aromatic heterocycles. The van der Waals surface area contributed by atoms with Crippen molar-refractivity contribution < 1.29 is 9.42 Å². The van der Waals surface area contributed by atoms with Gasteiger partial charge in [-0.2, -0.15) is 9.78 Å². The lowest BCUT2D eigenvalue weighted by Crippen LogP contribution is -2.26. The zero-order chi connectivity index (χ0) is 21.1. The van der Waals surface area contributed by atoms with Gasteiger partial charge >= 0.3 is 0 Å². The number of nitrogens with two attached hydrogens (primary N) is 1. The summed E-state index contributed by atoms with van der Waals surface area (Å²) in [6.07, 6.45) is 2.24. The molecule has 1 fully saturated rings. The quantitative estimate of drug-likeness (QED) is 0.407. The molecule has 12 heteroatoms. The SMILES string of the molecule is CC(=NNC(=O)c1c(CN2CCCC2)nnn1-c1nonc1N)c1ccc(Br)cc1. The van der Waals surface area contributed by atoms with Crippen molar-refractivity contribution in [1.82, 2.24) is 35.6 Å². The molecule has 1 aliphatic heterocycles. The Balaban J connectivity index is 1.62. The monoisotopic (exact) mass is 473 g/mol. The van der Waals surface area contributed by atoms with Crippen LogP contribution in [0.5, 0.6) is 0 Å². The minimum absolute atomic E-state index is 0.0104. The van der Waals surface area contributed by atoms with Gasteiger partial charge in [0.05, 0.1) is 5.71 Å². The predicted octanol–water partition coefficient (Wildman–Crippen LogP) is 1.74. The topological polar surface area (TPSA) is 140 Å². The number of nitrogens with zero attached hydrogens (tertiary/aromatic N) is 7. The fourth-order valence-corrected chi connectivity index (χ4v) is 3.49. The highest BCUT2D eigenvalue weighted by molar-refractivity contribution is 9.10. The number of nitrogen functional groups attached to an aromatic ring is 1. The number of hydrazone groups is 1. The van der Waals surface area contributed by atoms with Crippen LogP contribution in [0.15, 0.2) is 38.5 Å². The Bertz CT molecular complexity index is 1070. The molecule has 3 heterocycles. The maximum atomic E-state index is 13.1. The number of hydrogen-bond acceptors (Lipinski definition) is 9. The molecule has 1 aliphatic rings. The van der Waals surface area contributed by atoms with Gasteiger partial charge in [-0.1, -0.05) is 33.3 Å². The third-order valence-corrected chi connectivity index (χ3v) is 5.34. The summed E-state index contributed by atoms with van der Waals surface area (Å²) < 4.78 is 6.85. The van der Waals surface area contributed by atoms with Crippen molar-refractivity contribution in [2.24, 2.45) is 5.10 Å². The van der Waals surface area contributed by atoms with E-state index in [1.807, 2.05) is 31.2 Å². The van der Waals surface area contributed by atoms with Crippen molar-refractivity contribution >= 4 is 33.4 Å². The van der Waals surface area contributed by atoms with Crippen molar-refractivity contribution in [3.05, 3.63) is 45.7 Å². The summed E-state index contributed by atoms with van der Waals surface area (Å²) >= 11 is 3.40. The number of hydrogen-bond donors (Lipinski definition) is 2. The van der Waals surface area contributed by atoms with Gasteiger partial charge in [0, 0.05) is 11.0 Å². The van der Waals surface area contributed by atoms with E-state index in [9.17, 15) is 4.79 Å². The number of aromatic nitrogens is 5. The van der Waals surface area contributed by atoms with Crippen LogP contribution in [0.1, 0.15) is 41.5 Å². The zero-order valence-electron chi connectivity index (χ0n) is 16.2. The molecular weight excluding hydrogens is 454 g/mol. The fraction of sp³-hybridized carbons (Fsp3) is 0.333. The summed E-state index contributed by atoms with van der Waals surface area (Å²) in [6, 6.07) is 7.62. The Morgan fingerprint density at radius 2 is 2.00 bits per heavy atom. The van der Waals surface area contributed by atoms with Crippen molar-refractivity contribution in [2.45, 2.75) is 26.3 Å². The number of carbonyl (C=O) groups is 1. The fourth-order valence-electron chi connectivity index (χ4n) is 3.23. The number of benzene rings is 1. The second-order valence-corrected chi connectivity index (χ2v) is 7.81. The normalized spacial score (nSPS) is 14.9. The molecule has 3 N–H and O–H groups in total. The number of anilines is 1. The first kappa shape index (κ1) is 20.2. The van der Waals surface area contributed by atoms with E-state index in [1.165, 1.54) is 4.68 Å². The van der Waals surface area contributed by atoms with Crippen molar-refractivity contribution in [3.63, 3.8) is 0 Å². The van der Waals surface area contributed by atoms with Crippen LogP contribution < -0.4 is 11.2 Å². The van der Waals surface area contributed by atoms with E-state index >= 15 is 0 Å². The molecular formula is C18H20BrN9O2. The van der Waals surface area contributed by atoms with Crippen LogP contribution in [0.25, 0.3) is 5.82 Å². The third-order valence-electron chi connectivity index (χ3n) is 4.81. The van der Waals surface area contributed by atoms with E-state index in [2.05, 4.69) is 56.6 Å². The minimum Gasteiger partial charge on any atom is -0.378 e. The first-order chi connectivity index (χ1) is 14.5. The summed E-state index contributed by atoms with van der Waals surface area (Å²) in [5.74, 6) is -0.363. The molecule has 4 rings (SSSR count). The lowest BCUT2D eigenvalue weighted by Gasteiger charge is -2.13. The standard InChI is InChI=1S/C18H20BrN9O2/c1-11(12-4-6-13(19)7-5-12)21-23-18(29)15-14(10-27-8-2-3-9-27)22-26-28(15)17-16(20)24-30-25-17/h4-7H,2-3,8-10H2,1H3,(H2,20,24)(H,23,29). The number of carbonyl (C=O) groups excluding carboxylic acids is 1. The maximum absolute atomic E-state index is 13.1. The van der Waals surface area contributed by atoms with Crippen LogP contribution >= 0.6 is 15.9 Å². The highest BCUT2D eigenvalue weighted by atomic mass is 79.9. The Hall–Kier alpha value is -3.12. The van der Waals surface area contributed by atoms with Gasteiger partial charge in [-0.15, -0.1) is 5.10 Å². The Labute approximate surface area is 180 Å². The minimum atomic E-state index is -0.479. The molecule has 0 unspecified atom stereocenters. The van der Waals surface area contributed by atoms with Gasteiger partial charge in [0.25, 0.3) is 5.91 Å². The Morgan fingerprint density at radius 1 is 1.27 bits per heavy atom. The first-order valence-electron chi connectivity index (χ1n) is 9.39. The molecule has 0 atom stereocenters. The summed E-state index contributed by atoms with van der Waals surface area (Å²) in [5.41, 5.74) is 10.6. The molecule has 0 spiro atoms. The van der Waals surface area contributed by atoms with Crippen LogP contribution in [0, 0.1) is 0 Å². The Kier molecular flexibility index (Phi) is 5.86. The zero-order valence-corrected chi connectivity index (χ0v) is 17.8. The second-order valence-electron chi connectivity index (χ2n) is 6.90. The average Bonchev–Trinajstić information content (AvgIpc) is 3.48. The first-order valence-corrected chi connectivity index (χ1v) is 10.2. The Morgan fingerprint density at radius 3 is 2.67 bits per heavy atom. The van der Waals surface area contributed by atoms with E-state index < -0.39 is 5.91 Å². The van der Waals surface area contributed by atoms with Gasteiger partial charge in [-0.25, -0.2) is 10.1 Å². The molecule has 0 aliphatic carbocycles. The third kappa shape index (κ3) is 4.24. The summed E-state index contributed by atoms with van der Waals surface area (Å²) in [7, 11) is 0. The van der Waals surface area contributed by atoms with Crippen molar-refractivity contribution in [1.29, 1.82) is 0 Å². The predicted molar refractivity (Wildman–Crippen MR) is 112 cm³/mol. The van der Waals surface area contributed by atoms with E-state index in [4.69, 9.17) is 5.73 Å². The van der Waals surface area contributed by atoms with E-state index in [0.717, 1.165) is 36.0 Å². The highest BCUT2D eigenvalue weighted by Crippen LogP contribution is 2.19. The van der Waals surface area contributed by atoms with Crippen molar-refractivity contribution in [2.75, 3.05) is 18.8 Å². The molecule has 0 radical (unpaired) electrons. The van der Waals surface area contributed by atoms with Gasteiger partial charge in [-0.3, -0.25) is 9.69 Å². The second kappa shape index (κ2) is 8.71. The molecule has 30 heavy (non-hydrogen) atoms. The van der Waals surface area contributed by atoms with Gasteiger partial charge in [0.15, 0.2) is 5.69 Å². The number of likely N-dealkylation sites (tertiary alicyclic amines) is 1. The number of amides is 1. The highest BCUT2D eigenvalue weighted by Gasteiger charge is 2.27. The van der Waals surface area contributed by atoms with Gasteiger partial charge in [0.2, 0.25) is 11.6 Å². The molecule has 0 bridgehead atoms. The summed E-state index contributed by atoms with van der Waals surface area (Å²) in [5, 5.41) is 19.8. The van der Waals surface area contributed by atoms with Crippen molar-refractivity contribution in [3.8, 4) is 5.82 Å². The smallest absolute Gasteiger partial charge is 0.292 e. The van der Waals surface area contributed by atoms with Crippen LogP contribution in [-0.2, 0) is 6.54 Å². The molecule has 1 saturated heterocycles. The lowest BCUT2D eigenvalue weighted by molar-refractivity contribution is 0.0945. The molecule has 11 nitrogen and oxygen atoms in total. The number of halogens is 1. The molecule has 1 aromatic carbocycles. The molecule has 0 saturated carbocycles. The largest absolute Gasteiger partial charge is 0.378 e. The van der Waals surface area contributed by atoms with Gasteiger partial charge < -0.3 is 5.73 Å². The number of nitrogens with one attached hydrogen (secondary N) is 1. The van der Waals surface area contributed by atoms with Gasteiger partial charge in [-0.05, 0) is 60.9 Å².